The lowest BCUT2D eigenvalue weighted by Gasteiger charge is -2.37. The average Bonchev–Trinajstić information content (AvgIpc) is 3.35. The van der Waals surface area contributed by atoms with Gasteiger partial charge in [0.2, 0.25) is 5.91 Å². The number of likely N-dealkylation sites (tertiary alicyclic amines) is 2. The summed E-state index contributed by atoms with van der Waals surface area (Å²) in [6, 6.07) is 7.22. The van der Waals surface area contributed by atoms with E-state index >= 15 is 0 Å². The molecule has 0 unspecified atom stereocenters. The van der Waals surface area contributed by atoms with Gasteiger partial charge in [0.15, 0.2) is 6.61 Å². The molecule has 0 N–H and O–H groups in total. The molecule has 0 saturated carbocycles. The number of ether oxygens (including phenoxy) is 1. The number of amides is 2. The van der Waals surface area contributed by atoms with Crippen molar-refractivity contribution in [1.29, 1.82) is 0 Å². The summed E-state index contributed by atoms with van der Waals surface area (Å²) in [7, 11) is 1.84. The monoisotopic (exact) mass is 370 g/mol. The van der Waals surface area contributed by atoms with Crippen molar-refractivity contribution >= 4 is 11.8 Å². The molecule has 27 heavy (non-hydrogen) atoms. The van der Waals surface area contributed by atoms with Gasteiger partial charge in [0, 0.05) is 32.7 Å². The van der Waals surface area contributed by atoms with Crippen LogP contribution in [0.25, 0.3) is 5.69 Å². The zero-order chi connectivity index (χ0) is 18.9. The van der Waals surface area contributed by atoms with Gasteiger partial charge in [0.1, 0.15) is 12.1 Å². The molecule has 2 amide bonds. The van der Waals surface area contributed by atoms with Crippen molar-refractivity contribution in [2.45, 2.75) is 19.3 Å². The zero-order valence-electron chi connectivity index (χ0n) is 15.2. The Bertz CT molecular complexity index is 839. The third kappa shape index (κ3) is 3.36. The van der Waals surface area contributed by atoms with Crippen LogP contribution in [0, 0.1) is 5.41 Å². The third-order valence-corrected chi connectivity index (χ3v) is 5.45. The van der Waals surface area contributed by atoms with Gasteiger partial charge in [-0.05, 0) is 41.8 Å². The van der Waals surface area contributed by atoms with Gasteiger partial charge in [-0.2, -0.15) is 0 Å². The molecule has 9 heteroatoms. The van der Waals surface area contributed by atoms with Gasteiger partial charge in [0.05, 0.1) is 11.1 Å². The Morgan fingerprint density at radius 1 is 1.30 bits per heavy atom. The van der Waals surface area contributed by atoms with E-state index in [1.807, 2.05) is 19.2 Å². The molecule has 2 aliphatic rings. The van der Waals surface area contributed by atoms with E-state index in [2.05, 4.69) is 15.5 Å². The minimum atomic E-state index is -0.400. The molecular weight excluding hydrogens is 348 g/mol. The number of rotatable bonds is 4. The minimum absolute atomic E-state index is 0.0564. The van der Waals surface area contributed by atoms with Crippen molar-refractivity contribution in [3.05, 3.63) is 30.6 Å². The number of carbonyl (C=O) groups excluding carboxylic acids is 2. The van der Waals surface area contributed by atoms with Crippen LogP contribution in [0.4, 0.5) is 0 Å². The van der Waals surface area contributed by atoms with Crippen LogP contribution in [0.1, 0.15) is 19.3 Å². The summed E-state index contributed by atoms with van der Waals surface area (Å²) in [5, 5.41) is 11.1. The zero-order valence-corrected chi connectivity index (χ0v) is 15.2. The summed E-state index contributed by atoms with van der Waals surface area (Å²) >= 11 is 0. The molecule has 2 fully saturated rings. The first-order valence-corrected chi connectivity index (χ1v) is 9.07. The standard InChI is InChI=1S/C18H22N6O3/c1-22-8-3-6-18(17(22)26)7-9-23(12-18)16(25)11-27-15-5-2-4-14(10-15)24-13-19-20-21-24/h2,4-5,10,13H,3,6-9,11-12H2,1H3/t18-/m1/s1. The van der Waals surface area contributed by atoms with E-state index in [0.717, 1.165) is 31.5 Å². The molecule has 1 atom stereocenters. The summed E-state index contributed by atoms with van der Waals surface area (Å²) < 4.78 is 7.19. The molecular formula is C18H22N6O3. The summed E-state index contributed by atoms with van der Waals surface area (Å²) in [6.45, 7) is 1.84. The van der Waals surface area contributed by atoms with Gasteiger partial charge in [-0.15, -0.1) is 5.10 Å². The second kappa shape index (κ2) is 6.98. The Balaban J connectivity index is 1.37. The number of piperidine rings is 1. The van der Waals surface area contributed by atoms with E-state index in [1.165, 1.54) is 11.0 Å². The highest BCUT2D eigenvalue weighted by Crippen LogP contribution is 2.39. The number of nitrogens with zero attached hydrogens (tertiary/aromatic N) is 6. The first-order chi connectivity index (χ1) is 13.1. The Hall–Kier alpha value is -2.97. The molecule has 0 aliphatic carbocycles. The van der Waals surface area contributed by atoms with E-state index in [9.17, 15) is 9.59 Å². The van der Waals surface area contributed by atoms with Gasteiger partial charge < -0.3 is 14.5 Å². The topological polar surface area (TPSA) is 93.4 Å². The smallest absolute Gasteiger partial charge is 0.260 e. The van der Waals surface area contributed by atoms with Crippen LogP contribution in [0.3, 0.4) is 0 Å². The number of hydrogen-bond acceptors (Lipinski definition) is 6. The molecule has 3 heterocycles. The van der Waals surface area contributed by atoms with Gasteiger partial charge in [-0.25, -0.2) is 4.68 Å². The number of aromatic nitrogens is 4. The lowest BCUT2D eigenvalue weighted by atomic mass is 9.78. The van der Waals surface area contributed by atoms with Crippen molar-refractivity contribution in [2.24, 2.45) is 5.41 Å². The van der Waals surface area contributed by atoms with E-state index < -0.39 is 5.41 Å². The fourth-order valence-corrected chi connectivity index (χ4v) is 3.96. The van der Waals surface area contributed by atoms with Crippen molar-refractivity contribution in [2.75, 3.05) is 33.3 Å². The Labute approximate surface area is 156 Å². The molecule has 0 radical (unpaired) electrons. The molecule has 1 aromatic heterocycles. The summed E-state index contributed by atoms with van der Waals surface area (Å²) in [5.41, 5.74) is 0.351. The number of tetrazole rings is 1. The van der Waals surface area contributed by atoms with Crippen molar-refractivity contribution in [3.63, 3.8) is 0 Å². The van der Waals surface area contributed by atoms with E-state index in [4.69, 9.17) is 4.74 Å². The molecule has 0 bridgehead atoms. The number of benzene rings is 1. The molecule has 1 spiro atoms. The second-order valence-corrected chi connectivity index (χ2v) is 7.22. The van der Waals surface area contributed by atoms with Gasteiger partial charge in [-0.1, -0.05) is 6.07 Å². The maximum Gasteiger partial charge on any atom is 0.260 e. The maximum absolute atomic E-state index is 12.6. The van der Waals surface area contributed by atoms with Crippen molar-refractivity contribution in [3.8, 4) is 11.4 Å². The fourth-order valence-electron chi connectivity index (χ4n) is 3.96. The van der Waals surface area contributed by atoms with E-state index in [0.29, 0.717) is 18.8 Å². The van der Waals surface area contributed by atoms with Gasteiger partial charge in [-0.3, -0.25) is 9.59 Å². The Morgan fingerprint density at radius 2 is 2.19 bits per heavy atom. The summed E-state index contributed by atoms with van der Waals surface area (Å²) in [4.78, 5) is 28.7. The lowest BCUT2D eigenvalue weighted by Crippen LogP contribution is -2.48. The molecule has 2 aromatic rings. The summed E-state index contributed by atoms with van der Waals surface area (Å²) in [6.07, 6.45) is 4.07. The van der Waals surface area contributed by atoms with E-state index in [1.54, 1.807) is 21.9 Å². The Morgan fingerprint density at radius 3 is 3.00 bits per heavy atom. The van der Waals surface area contributed by atoms with Crippen LogP contribution in [-0.2, 0) is 9.59 Å². The maximum atomic E-state index is 12.6. The molecule has 9 nitrogen and oxygen atoms in total. The van der Waals surface area contributed by atoms with Crippen molar-refractivity contribution < 1.29 is 14.3 Å². The SMILES string of the molecule is CN1CCC[C@]2(CCN(C(=O)COc3cccc(-n4cnnn4)c3)C2)C1=O. The highest BCUT2D eigenvalue weighted by molar-refractivity contribution is 5.86. The Kier molecular flexibility index (Phi) is 4.51. The van der Waals surface area contributed by atoms with E-state index in [-0.39, 0.29) is 18.4 Å². The van der Waals surface area contributed by atoms with Crippen LogP contribution in [0.15, 0.2) is 30.6 Å². The normalized spacial score (nSPS) is 22.5. The van der Waals surface area contributed by atoms with Crippen molar-refractivity contribution in [1.82, 2.24) is 30.0 Å². The molecule has 142 valence electrons. The molecule has 1 aromatic carbocycles. The minimum Gasteiger partial charge on any atom is -0.484 e. The molecule has 4 rings (SSSR count). The summed E-state index contributed by atoms with van der Waals surface area (Å²) in [5.74, 6) is 0.638. The van der Waals surface area contributed by atoms with Crippen LogP contribution in [-0.4, -0.2) is 75.1 Å². The molecule has 2 saturated heterocycles. The number of carbonyl (C=O) groups is 2. The fraction of sp³-hybridized carbons (Fsp3) is 0.500. The predicted molar refractivity (Wildman–Crippen MR) is 95.2 cm³/mol. The number of hydrogen-bond donors (Lipinski definition) is 0. The first-order valence-electron chi connectivity index (χ1n) is 9.07. The molecule has 2 aliphatic heterocycles. The highest BCUT2D eigenvalue weighted by Gasteiger charge is 2.48. The quantitative estimate of drug-likeness (QED) is 0.779. The van der Waals surface area contributed by atoms with Crippen LogP contribution >= 0.6 is 0 Å². The second-order valence-electron chi connectivity index (χ2n) is 7.22. The highest BCUT2D eigenvalue weighted by atomic mass is 16.5. The third-order valence-electron chi connectivity index (χ3n) is 5.45. The van der Waals surface area contributed by atoms with Gasteiger partial charge in [0.25, 0.3) is 5.91 Å². The van der Waals surface area contributed by atoms with Crippen LogP contribution in [0.5, 0.6) is 5.75 Å². The first kappa shape index (κ1) is 17.4. The largest absolute Gasteiger partial charge is 0.484 e. The van der Waals surface area contributed by atoms with Gasteiger partial charge >= 0.3 is 0 Å². The predicted octanol–water partition coefficient (Wildman–Crippen LogP) is 0.512. The average molecular weight is 370 g/mol. The van der Waals surface area contributed by atoms with Crippen LogP contribution in [0.2, 0.25) is 0 Å². The van der Waals surface area contributed by atoms with Crippen LogP contribution < -0.4 is 4.74 Å². The lowest BCUT2D eigenvalue weighted by molar-refractivity contribution is -0.144.